The first kappa shape index (κ1) is 23.4. The van der Waals surface area contributed by atoms with Crippen LogP contribution in [0.3, 0.4) is 0 Å². The smallest absolute Gasteiger partial charge is 0.326 e. The van der Waals surface area contributed by atoms with Crippen molar-refractivity contribution in [3.05, 3.63) is 52.5 Å². The molecule has 1 aliphatic rings. The fourth-order valence-electron chi connectivity index (χ4n) is 4.70. The van der Waals surface area contributed by atoms with Gasteiger partial charge in [0, 0.05) is 61.0 Å². The Morgan fingerprint density at radius 3 is 2.89 bits per heavy atom. The molecule has 1 N–H and O–H groups in total. The number of aromatic amines is 1. The van der Waals surface area contributed by atoms with Gasteiger partial charge in [-0.3, -0.25) is 4.57 Å². The summed E-state index contributed by atoms with van der Waals surface area (Å²) in [5.41, 5.74) is 3.49. The van der Waals surface area contributed by atoms with Crippen molar-refractivity contribution in [3.8, 4) is 17.0 Å². The van der Waals surface area contributed by atoms with E-state index in [2.05, 4.69) is 14.9 Å². The molecule has 0 bridgehead atoms. The zero-order valence-electron chi connectivity index (χ0n) is 20.3. The minimum absolute atomic E-state index is 0.0641. The second-order valence-corrected chi connectivity index (χ2v) is 9.36. The Hall–Kier alpha value is -3.30. The lowest BCUT2D eigenvalue weighted by Gasteiger charge is -2.23. The second kappa shape index (κ2) is 9.75. The van der Waals surface area contributed by atoms with Gasteiger partial charge in [0.15, 0.2) is 0 Å². The highest BCUT2D eigenvalue weighted by atomic mass is 19.1. The summed E-state index contributed by atoms with van der Waals surface area (Å²) >= 11 is 0. The molecule has 4 aromatic rings. The third-order valence-corrected chi connectivity index (χ3v) is 6.54. The van der Waals surface area contributed by atoms with Gasteiger partial charge in [0.2, 0.25) is 5.88 Å². The van der Waals surface area contributed by atoms with Crippen molar-refractivity contribution in [2.45, 2.75) is 25.2 Å². The lowest BCUT2D eigenvalue weighted by atomic mass is 9.95. The van der Waals surface area contributed by atoms with Crippen LogP contribution in [0.2, 0.25) is 0 Å². The van der Waals surface area contributed by atoms with Crippen LogP contribution in [0, 0.1) is 5.82 Å². The summed E-state index contributed by atoms with van der Waals surface area (Å²) in [4.78, 5) is 26.8. The van der Waals surface area contributed by atoms with E-state index in [-0.39, 0.29) is 11.6 Å². The van der Waals surface area contributed by atoms with Crippen LogP contribution in [-0.2, 0) is 11.8 Å². The van der Waals surface area contributed by atoms with Gasteiger partial charge in [0.05, 0.1) is 35.5 Å². The maximum atomic E-state index is 15.3. The van der Waals surface area contributed by atoms with Crippen LogP contribution in [-0.4, -0.2) is 64.9 Å². The van der Waals surface area contributed by atoms with Gasteiger partial charge in [-0.25, -0.2) is 19.2 Å². The van der Waals surface area contributed by atoms with Gasteiger partial charge in [-0.1, -0.05) is 0 Å². The molecule has 1 atom stereocenters. The predicted octanol–water partition coefficient (Wildman–Crippen LogP) is 3.84. The van der Waals surface area contributed by atoms with E-state index in [0.717, 1.165) is 43.6 Å². The third kappa shape index (κ3) is 4.66. The van der Waals surface area contributed by atoms with Crippen LogP contribution in [0.1, 0.15) is 30.9 Å². The van der Waals surface area contributed by atoms with Crippen LogP contribution in [0.25, 0.3) is 33.1 Å². The van der Waals surface area contributed by atoms with Gasteiger partial charge < -0.3 is 19.4 Å². The quantitative estimate of drug-likeness (QED) is 0.406. The first-order chi connectivity index (χ1) is 16.9. The molecule has 4 heterocycles. The fraction of sp³-hybridized carbons (Fsp3) is 0.423. The lowest BCUT2D eigenvalue weighted by molar-refractivity contribution is 0.0797. The van der Waals surface area contributed by atoms with Crippen molar-refractivity contribution in [1.29, 1.82) is 0 Å². The number of ether oxygens (including phenoxy) is 2. The van der Waals surface area contributed by atoms with Gasteiger partial charge in [0.25, 0.3) is 0 Å². The van der Waals surface area contributed by atoms with E-state index in [1.165, 1.54) is 6.07 Å². The number of hydrogen-bond donors (Lipinski definition) is 1. The van der Waals surface area contributed by atoms with Gasteiger partial charge in [-0.05, 0) is 45.5 Å². The van der Waals surface area contributed by atoms with Crippen LogP contribution in [0.15, 0.2) is 35.3 Å². The third-order valence-electron chi connectivity index (χ3n) is 6.54. The maximum absolute atomic E-state index is 15.3. The molecule has 0 saturated carbocycles. The number of halogens is 1. The zero-order valence-corrected chi connectivity index (χ0v) is 20.3. The van der Waals surface area contributed by atoms with Gasteiger partial charge >= 0.3 is 5.69 Å². The number of pyridine rings is 2. The minimum Gasteiger partial charge on any atom is -0.478 e. The molecule has 1 saturated heterocycles. The number of imidazole rings is 1. The Bertz CT molecular complexity index is 1410. The SMILES string of the molecule is CN(C)CCCOc1ccc(-c2cc3c(cc2F)nc(C2CCCOC2)c2c3[nH]c(=O)n2C)cn1. The molecular weight excluding hydrogens is 449 g/mol. The van der Waals surface area contributed by atoms with Crippen LogP contribution < -0.4 is 10.4 Å². The number of aryl methyl sites for hydroxylation is 1. The number of nitrogens with one attached hydrogen (secondary N) is 1. The summed E-state index contributed by atoms with van der Waals surface area (Å²) in [6.07, 6.45) is 4.35. The number of rotatable bonds is 7. The van der Waals surface area contributed by atoms with E-state index < -0.39 is 5.82 Å². The number of H-pyrrole nitrogens is 1. The molecule has 0 radical (unpaired) electrons. The highest BCUT2D eigenvalue weighted by molar-refractivity contribution is 6.05. The molecule has 0 spiro atoms. The van der Waals surface area contributed by atoms with Crippen LogP contribution >= 0.6 is 0 Å². The number of fused-ring (bicyclic) bond motifs is 3. The zero-order chi connectivity index (χ0) is 24.5. The monoisotopic (exact) mass is 479 g/mol. The number of nitrogens with zero attached hydrogens (tertiary/aromatic N) is 4. The Morgan fingerprint density at radius 1 is 1.31 bits per heavy atom. The standard InChI is InChI=1S/C26H30FN5O3/c1-31(2)9-5-11-35-22-8-7-16(14-28-22)18-12-19-21(13-20(18)27)29-23(17-6-4-10-34-15-17)25-24(19)30-26(33)32(25)3/h7-8,12-14,17H,4-6,9-11,15H2,1-3H3,(H,30,33). The maximum Gasteiger partial charge on any atom is 0.326 e. The highest BCUT2D eigenvalue weighted by Gasteiger charge is 2.24. The Labute approximate surface area is 202 Å². The van der Waals surface area contributed by atoms with E-state index in [1.807, 2.05) is 14.1 Å². The topological polar surface area (TPSA) is 85.3 Å². The molecule has 3 aromatic heterocycles. The van der Waals surface area contributed by atoms with Gasteiger partial charge in [-0.2, -0.15) is 0 Å². The molecule has 1 unspecified atom stereocenters. The Morgan fingerprint density at radius 2 is 2.17 bits per heavy atom. The lowest BCUT2D eigenvalue weighted by Crippen LogP contribution is -2.19. The van der Waals surface area contributed by atoms with Crippen LogP contribution in [0.4, 0.5) is 4.39 Å². The first-order valence-corrected chi connectivity index (χ1v) is 12.0. The average Bonchev–Trinajstić information content (AvgIpc) is 3.16. The summed E-state index contributed by atoms with van der Waals surface area (Å²) in [5, 5.41) is 0.693. The highest BCUT2D eigenvalue weighted by Crippen LogP contribution is 2.35. The van der Waals surface area contributed by atoms with E-state index >= 15 is 4.39 Å². The molecule has 184 valence electrons. The first-order valence-electron chi connectivity index (χ1n) is 12.0. The van der Waals surface area contributed by atoms with Crippen molar-refractivity contribution < 1.29 is 13.9 Å². The summed E-state index contributed by atoms with van der Waals surface area (Å²) < 4.78 is 28.2. The van der Waals surface area contributed by atoms with Crippen molar-refractivity contribution in [2.75, 3.05) is 40.5 Å². The molecule has 5 rings (SSSR count). The number of hydrogen-bond acceptors (Lipinski definition) is 6. The minimum atomic E-state index is -0.394. The molecule has 35 heavy (non-hydrogen) atoms. The van der Waals surface area contributed by atoms with Crippen molar-refractivity contribution in [2.24, 2.45) is 7.05 Å². The second-order valence-electron chi connectivity index (χ2n) is 9.36. The largest absolute Gasteiger partial charge is 0.478 e. The number of aromatic nitrogens is 4. The van der Waals surface area contributed by atoms with E-state index in [9.17, 15) is 4.79 Å². The van der Waals surface area contributed by atoms with Crippen molar-refractivity contribution in [1.82, 2.24) is 24.4 Å². The molecule has 1 aromatic carbocycles. The fourth-order valence-corrected chi connectivity index (χ4v) is 4.70. The van der Waals surface area contributed by atoms with E-state index in [1.54, 1.807) is 36.0 Å². The summed E-state index contributed by atoms with van der Waals surface area (Å²) in [5.74, 6) is 0.175. The van der Waals surface area contributed by atoms with E-state index in [4.69, 9.17) is 14.5 Å². The van der Waals surface area contributed by atoms with E-state index in [0.29, 0.717) is 46.6 Å². The Kier molecular flexibility index (Phi) is 6.53. The molecule has 8 nitrogen and oxygen atoms in total. The van der Waals surface area contributed by atoms with Gasteiger partial charge in [-0.15, -0.1) is 0 Å². The summed E-state index contributed by atoms with van der Waals surface area (Å²) in [6, 6.07) is 6.73. The van der Waals surface area contributed by atoms with Crippen LogP contribution in [0.5, 0.6) is 5.88 Å². The predicted molar refractivity (Wildman–Crippen MR) is 133 cm³/mol. The molecule has 0 aliphatic carbocycles. The Balaban J connectivity index is 1.52. The van der Waals surface area contributed by atoms with Gasteiger partial charge in [0.1, 0.15) is 5.82 Å². The normalized spacial score (nSPS) is 16.4. The summed E-state index contributed by atoms with van der Waals surface area (Å²) in [7, 11) is 5.77. The summed E-state index contributed by atoms with van der Waals surface area (Å²) in [6.45, 7) is 2.77. The van der Waals surface area contributed by atoms with Crippen molar-refractivity contribution >= 4 is 21.9 Å². The molecule has 9 heteroatoms. The average molecular weight is 480 g/mol. The molecule has 1 aliphatic heterocycles. The molecule has 0 amide bonds. The molecular formula is C26H30FN5O3. The molecule has 1 fully saturated rings. The number of benzene rings is 1. The van der Waals surface area contributed by atoms with Crippen molar-refractivity contribution in [3.63, 3.8) is 0 Å².